The van der Waals surface area contributed by atoms with Gasteiger partial charge in [0.1, 0.15) is 11.3 Å². The molecule has 5 aromatic carbocycles. The van der Waals surface area contributed by atoms with Crippen molar-refractivity contribution in [2.75, 3.05) is 0 Å². The second kappa shape index (κ2) is 11.1. The Bertz CT molecular complexity index is 2060. The van der Waals surface area contributed by atoms with Gasteiger partial charge in [-0.1, -0.05) is 121 Å². The minimum atomic E-state index is 0.394. The number of furan rings is 1. The van der Waals surface area contributed by atoms with Gasteiger partial charge in [0.15, 0.2) is 0 Å². The van der Waals surface area contributed by atoms with E-state index in [1.165, 1.54) is 62.4 Å². The van der Waals surface area contributed by atoms with E-state index in [1.54, 1.807) is 0 Å². The Kier molecular flexibility index (Phi) is 6.58. The number of fused-ring (bicyclic) bond motifs is 6. The van der Waals surface area contributed by atoms with E-state index in [9.17, 15) is 0 Å². The molecule has 1 nitrogen and oxygen atoms in total. The topological polar surface area (TPSA) is 13.1 Å². The van der Waals surface area contributed by atoms with E-state index in [0.29, 0.717) is 29.6 Å². The molecule has 9 rings (SSSR count). The van der Waals surface area contributed by atoms with Crippen LogP contribution in [0.25, 0.3) is 38.9 Å². The molecule has 1 saturated carbocycles. The van der Waals surface area contributed by atoms with Crippen LogP contribution < -0.4 is 0 Å². The number of benzene rings is 5. The van der Waals surface area contributed by atoms with Crippen molar-refractivity contribution >= 4 is 27.8 Å². The molecule has 220 valence electrons. The molecule has 0 amide bonds. The molecule has 0 radical (unpaired) electrons. The first-order valence-corrected chi connectivity index (χ1v) is 16.8. The Hall–Kier alpha value is -4.62. The molecule has 1 heteroatoms. The molecule has 1 aromatic heterocycles. The van der Waals surface area contributed by atoms with E-state index in [-0.39, 0.29) is 0 Å². The summed E-state index contributed by atoms with van der Waals surface area (Å²) >= 11 is 0. The van der Waals surface area contributed by atoms with Gasteiger partial charge in [-0.15, -0.1) is 0 Å². The first-order chi connectivity index (χ1) is 22.3. The molecule has 0 aliphatic heterocycles. The lowest BCUT2D eigenvalue weighted by molar-refractivity contribution is 0.351. The van der Waals surface area contributed by atoms with E-state index in [0.717, 1.165) is 30.6 Å². The molecule has 6 aromatic rings. The fraction of sp³-hybridized carbons (Fsp3) is 0.227. The van der Waals surface area contributed by atoms with Crippen LogP contribution in [-0.2, 0) is 0 Å². The molecule has 0 N–H and O–H groups in total. The zero-order chi connectivity index (χ0) is 29.7. The lowest BCUT2D eigenvalue weighted by Crippen LogP contribution is -2.20. The third-order valence-electron chi connectivity index (χ3n) is 11.0. The Morgan fingerprint density at radius 3 is 2.16 bits per heavy atom. The van der Waals surface area contributed by atoms with Crippen LogP contribution in [0.1, 0.15) is 83.8 Å². The van der Waals surface area contributed by atoms with Crippen molar-refractivity contribution in [1.29, 1.82) is 0 Å². The summed E-state index contributed by atoms with van der Waals surface area (Å²) in [7, 11) is 0. The minimum absolute atomic E-state index is 0.394. The average Bonchev–Trinajstić information content (AvgIpc) is 3.51. The van der Waals surface area contributed by atoms with Gasteiger partial charge in [-0.3, -0.25) is 0 Å². The first-order valence-electron chi connectivity index (χ1n) is 16.8. The van der Waals surface area contributed by atoms with Crippen LogP contribution in [0.15, 0.2) is 138 Å². The summed E-state index contributed by atoms with van der Waals surface area (Å²) in [6.07, 6.45) is 15.2. The van der Waals surface area contributed by atoms with Crippen molar-refractivity contribution in [2.45, 2.75) is 55.8 Å². The van der Waals surface area contributed by atoms with Gasteiger partial charge in [-0.25, -0.2) is 0 Å². The third-order valence-corrected chi connectivity index (χ3v) is 11.0. The molecule has 45 heavy (non-hydrogen) atoms. The number of rotatable bonds is 4. The highest BCUT2D eigenvalue weighted by Crippen LogP contribution is 2.52. The number of allylic oxidation sites excluding steroid dienone is 3. The Balaban J connectivity index is 1.21. The molecule has 3 aliphatic rings. The molecule has 0 bridgehead atoms. The Labute approximate surface area is 265 Å². The Morgan fingerprint density at radius 2 is 1.31 bits per heavy atom. The summed E-state index contributed by atoms with van der Waals surface area (Å²) < 4.78 is 6.94. The van der Waals surface area contributed by atoms with Crippen molar-refractivity contribution in [3.05, 3.63) is 162 Å². The highest BCUT2D eigenvalue weighted by Gasteiger charge is 2.36. The molecular formula is C44H38O. The predicted molar refractivity (Wildman–Crippen MR) is 188 cm³/mol. The van der Waals surface area contributed by atoms with Crippen molar-refractivity contribution in [3.63, 3.8) is 0 Å². The second-order valence-electron chi connectivity index (χ2n) is 13.6. The number of hydrogen-bond donors (Lipinski definition) is 0. The van der Waals surface area contributed by atoms with Gasteiger partial charge in [0.25, 0.3) is 0 Å². The lowest BCUT2D eigenvalue weighted by Gasteiger charge is -2.36. The molecule has 5 atom stereocenters. The van der Waals surface area contributed by atoms with E-state index < -0.39 is 0 Å². The predicted octanol–water partition coefficient (Wildman–Crippen LogP) is 12.2. The highest BCUT2D eigenvalue weighted by molar-refractivity contribution is 5.93. The van der Waals surface area contributed by atoms with Gasteiger partial charge in [-0.05, 0) is 113 Å². The summed E-state index contributed by atoms with van der Waals surface area (Å²) in [6.45, 7) is 0. The van der Waals surface area contributed by atoms with Gasteiger partial charge in [0.2, 0.25) is 0 Å². The third kappa shape index (κ3) is 4.77. The smallest absolute Gasteiger partial charge is 0.138 e. The molecule has 5 unspecified atom stereocenters. The van der Waals surface area contributed by atoms with Crippen LogP contribution in [0, 0.1) is 5.92 Å². The lowest BCUT2D eigenvalue weighted by atomic mass is 9.68. The van der Waals surface area contributed by atoms with Crippen LogP contribution in [0.5, 0.6) is 0 Å². The van der Waals surface area contributed by atoms with E-state index in [2.05, 4.69) is 140 Å². The van der Waals surface area contributed by atoms with Crippen molar-refractivity contribution in [3.8, 4) is 11.1 Å². The zero-order valence-electron chi connectivity index (χ0n) is 25.6. The van der Waals surface area contributed by atoms with E-state index >= 15 is 0 Å². The fourth-order valence-electron chi connectivity index (χ4n) is 8.76. The van der Waals surface area contributed by atoms with E-state index in [1.807, 2.05) is 0 Å². The van der Waals surface area contributed by atoms with Crippen LogP contribution in [0.4, 0.5) is 0 Å². The minimum Gasteiger partial charge on any atom is -0.456 e. The fourth-order valence-corrected chi connectivity index (χ4v) is 8.76. The van der Waals surface area contributed by atoms with Gasteiger partial charge >= 0.3 is 0 Å². The largest absolute Gasteiger partial charge is 0.456 e. The van der Waals surface area contributed by atoms with Crippen molar-refractivity contribution in [2.24, 2.45) is 5.92 Å². The quantitative estimate of drug-likeness (QED) is 0.188. The normalized spacial score (nSPS) is 24.0. The Morgan fingerprint density at radius 1 is 0.578 bits per heavy atom. The van der Waals surface area contributed by atoms with Gasteiger partial charge in [0.05, 0.1) is 0 Å². The highest BCUT2D eigenvalue weighted by atomic mass is 16.3. The number of hydrogen-bond acceptors (Lipinski definition) is 1. The van der Waals surface area contributed by atoms with Crippen LogP contribution in [0.2, 0.25) is 0 Å². The van der Waals surface area contributed by atoms with Crippen molar-refractivity contribution in [1.82, 2.24) is 0 Å². The molecule has 1 heterocycles. The second-order valence-corrected chi connectivity index (χ2v) is 13.6. The van der Waals surface area contributed by atoms with Crippen LogP contribution >= 0.6 is 0 Å². The standard InChI is InChI=1S/C44H38O/c1-3-11-29(12-4-1)35-24-36(34-20-19-31-15-7-8-17-33(31)23-34)26-38(25-35)40-27-37(30-13-5-2-6-14-30)28-41-43-39-18-10-9-16-32(39)21-22-42(43)45-44(40)41/h1-9,11-17,19-23,27-28,32,35-36,38-39H,10,18,24-26H2. The van der Waals surface area contributed by atoms with Gasteiger partial charge in [0, 0.05) is 16.9 Å². The first kappa shape index (κ1) is 26.8. The SMILES string of the molecule is C1=CC2C=Cc3oc4c(C5CC(c6ccccc6)CC(c6ccc7ccccc7c6)C5)cc(-c5ccccc5)cc4c3C2CC1. The van der Waals surface area contributed by atoms with Gasteiger partial charge in [-0.2, -0.15) is 0 Å². The maximum Gasteiger partial charge on any atom is 0.138 e. The van der Waals surface area contributed by atoms with Crippen molar-refractivity contribution < 1.29 is 4.42 Å². The molecule has 0 saturated heterocycles. The summed E-state index contributed by atoms with van der Waals surface area (Å²) in [4.78, 5) is 0. The van der Waals surface area contributed by atoms with Crippen LogP contribution in [-0.4, -0.2) is 0 Å². The summed E-state index contributed by atoms with van der Waals surface area (Å²) in [5.74, 6) is 3.40. The maximum absolute atomic E-state index is 6.94. The molecule has 1 fully saturated rings. The molecule has 3 aliphatic carbocycles. The summed E-state index contributed by atoms with van der Waals surface area (Å²) in [5.41, 5.74) is 9.46. The summed E-state index contributed by atoms with van der Waals surface area (Å²) in [6, 6.07) is 43.1. The molecular weight excluding hydrogens is 544 g/mol. The zero-order valence-corrected chi connectivity index (χ0v) is 25.6. The van der Waals surface area contributed by atoms with Crippen LogP contribution in [0.3, 0.4) is 0 Å². The van der Waals surface area contributed by atoms with E-state index in [4.69, 9.17) is 4.42 Å². The maximum atomic E-state index is 6.94. The molecule has 0 spiro atoms. The summed E-state index contributed by atoms with van der Waals surface area (Å²) in [5, 5.41) is 3.99. The van der Waals surface area contributed by atoms with Gasteiger partial charge < -0.3 is 4.42 Å². The monoisotopic (exact) mass is 582 g/mol. The average molecular weight is 583 g/mol.